The van der Waals surface area contributed by atoms with Gasteiger partial charge in [0.1, 0.15) is 0 Å². The Labute approximate surface area is 134 Å². The third kappa shape index (κ3) is 2.71. The molecular weight excluding hydrogens is 304 g/mol. The molecule has 0 aliphatic carbocycles. The van der Waals surface area contributed by atoms with E-state index in [-0.39, 0.29) is 5.75 Å². The Morgan fingerprint density at radius 1 is 1.41 bits per heavy atom. The number of nitrogens with zero attached hydrogens (tertiary/aromatic N) is 1. The maximum Gasteiger partial charge on any atom is 0.337 e. The first kappa shape index (κ1) is 16.1. The van der Waals surface area contributed by atoms with Crippen molar-refractivity contribution in [3.8, 4) is 11.5 Å². The number of rotatable bonds is 3. The molecule has 0 radical (unpaired) electrons. The second-order valence-corrected chi connectivity index (χ2v) is 5.25. The number of hydrogen-bond donors (Lipinski definition) is 2. The van der Waals surface area contributed by atoms with E-state index in [0.717, 1.165) is 5.56 Å². The van der Waals surface area contributed by atoms with Gasteiger partial charge in [0.15, 0.2) is 16.6 Å². The molecule has 0 unspecified atom stereocenters. The average molecular weight is 322 g/mol. The van der Waals surface area contributed by atoms with Crippen molar-refractivity contribution >= 4 is 23.3 Å². The van der Waals surface area contributed by atoms with Gasteiger partial charge in [-0.05, 0) is 36.8 Å². The quantitative estimate of drug-likeness (QED) is 0.648. The van der Waals surface area contributed by atoms with Crippen LogP contribution in [0.25, 0.3) is 0 Å². The van der Waals surface area contributed by atoms with Crippen LogP contribution in [-0.2, 0) is 9.53 Å². The molecule has 0 fully saturated rings. The van der Waals surface area contributed by atoms with E-state index in [9.17, 15) is 9.90 Å². The lowest BCUT2D eigenvalue weighted by molar-refractivity contribution is -0.136. The number of nitrogens with one attached hydrogen (secondary N) is 1. The summed E-state index contributed by atoms with van der Waals surface area (Å²) >= 11 is 5.29. The third-order valence-corrected chi connectivity index (χ3v) is 4.09. The first-order chi connectivity index (χ1) is 10.4. The molecule has 1 aromatic carbocycles. The number of methoxy groups -OCH3 is 2. The minimum atomic E-state index is -0.467. The molecule has 1 aromatic rings. The lowest BCUT2D eigenvalue weighted by Gasteiger charge is -2.35. The Morgan fingerprint density at radius 3 is 2.68 bits per heavy atom. The van der Waals surface area contributed by atoms with Crippen molar-refractivity contribution in [3.05, 3.63) is 35.0 Å². The summed E-state index contributed by atoms with van der Waals surface area (Å²) in [6.07, 6.45) is 0. The van der Waals surface area contributed by atoms with Gasteiger partial charge < -0.3 is 24.8 Å². The summed E-state index contributed by atoms with van der Waals surface area (Å²) in [5, 5.41) is 13.3. The molecule has 118 valence electrons. The van der Waals surface area contributed by atoms with E-state index in [1.54, 1.807) is 24.1 Å². The van der Waals surface area contributed by atoms with Gasteiger partial charge in [0.05, 0.1) is 25.8 Å². The first-order valence-corrected chi connectivity index (χ1v) is 7.01. The van der Waals surface area contributed by atoms with Gasteiger partial charge in [0.25, 0.3) is 0 Å². The number of benzene rings is 1. The topological polar surface area (TPSA) is 71.0 Å². The number of phenols is 1. The molecule has 6 nitrogen and oxygen atoms in total. The maximum atomic E-state index is 12.2. The molecule has 0 spiro atoms. The maximum absolute atomic E-state index is 12.2. The third-order valence-electron chi connectivity index (χ3n) is 3.70. The molecule has 7 heteroatoms. The number of hydrogen-bond acceptors (Lipinski definition) is 5. The molecule has 0 saturated heterocycles. The molecule has 1 heterocycles. The van der Waals surface area contributed by atoms with Crippen molar-refractivity contribution in [2.45, 2.75) is 13.0 Å². The van der Waals surface area contributed by atoms with Crippen molar-refractivity contribution in [2.24, 2.45) is 0 Å². The highest BCUT2D eigenvalue weighted by Crippen LogP contribution is 2.35. The van der Waals surface area contributed by atoms with Gasteiger partial charge in [0.2, 0.25) is 0 Å². The summed E-state index contributed by atoms with van der Waals surface area (Å²) in [6, 6.07) is 4.42. The summed E-state index contributed by atoms with van der Waals surface area (Å²) in [5.74, 6) is -0.0792. The molecule has 22 heavy (non-hydrogen) atoms. The minimum absolute atomic E-state index is 0.0297. The van der Waals surface area contributed by atoms with E-state index in [0.29, 0.717) is 22.1 Å². The normalized spacial score (nSPS) is 18.1. The number of allylic oxidation sites excluding steroid dienone is 1. The van der Waals surface area contributed by atoms with E-state index in [1.807, 2.05) is 6.92 Å². The monoisotopic (exact) mass is 322 g/mol. The van der Waals surface area contributed by atoms with Gasteiger partial charge in [-0.25, -0.2) is 4.79 Å². The van der Waals surface area contributed by atoms with Gasteiger partial charge >= 0.3 is 5.97 Å². The Bertz CT molecular complexity index is 657. The average Bonchev–Trinajstić information content (AvgIpc) is 2.52. The van der Waals surface area contributed by atoms with Crippen molar-refractivity contribution in [2.75, 3.05) is 21.3 Å². The molecule has 1 aliphatic rings. The predicted molar refractivity (Wildman–Crippen MR) is 85.6 cm³/mol. The largest absolute Gasteiger partial charge is 0.504 e. The van der Waals surface area contributed by atoms with Crippen LogP contribution in [-0.4, -0.2) is 42.4 Å². The first-order valence-electron chi connectivity index (χ1n) is 6.61. The fourth-order valence-electron chi connectivity index (χ4n) is 2.33. The van der Waals surface area contributed by atoms with Crippen molar-refractivity contribution < 1.29 is 19.4 Å². The second kappa shape index (κ2) is 6.23. The van der Waals surface area contributed by atoms with E-state index in [4.69, 9.17) is 21.7 Å². The summed E-state index contributed by atoms with van der Waals surface area (Å²) in [4.78, 5) is 13.9. The van der Waals surface area contributed by atoms with Gasteiger partial charge in [-0.2, -0.15) is 0 Å². The Morgan fingerprint density at radius 2 is 2.09 bits per heavy atom. The van der Waals surface area contributed by atoms with Crippen LogP contribution in [0.15, 0.2) is 29.5 Å². The number of carbonyl (C=O) groups is 1. The van der Waals surface area contributed by atoms with Crippen LogP contribution in [0.3, 0.4) is 0 Å². The van der Waals surface area contributed by atoms with Crippen LogP contribution < -0.4 is 10.1 Å². The van der Waals surface area contributed by atoms with Crippen molar-refractivity contribution in [1.82, 2.24) is 10.2 Å². The Balaban J connectivity index is 2.56. The number of carbonyl (C=O) groups excluding carboxylic acids is 1. The molecule has 1 aliphatic heterocycles. The fraction of sp³-hybridized carbons (Fsp3) is 0.333. The fourth-order valence-corrected chi connectivity index (χ4v) is 2.59. The van der Waals surface area contributed by atoms with Gasteiger partial charge in [0, 0.05) is 12.7 Å². The van der Waals surface area contributed by atoms with E-state index >= 15 is 0 Å². The smallest absolute Gasteiger partial charge is 0.337 e. The summed E-state index contributed by atoms with van der Waals surface area (Å²) in [6.45, 7) is 1.81. The molecule has 0 bridgehead atoms. The standard InChI is InChI=1S/C15H18N2O4S/c1-8-12(14(19)21-4)13(16-15(22)17(8)2)9-5-6-10(18)11(7-9)20-3/h5-7,13,18H,1-4H3,(H,16,22)/t13-/m1/s1. The molecular formula is C15H18N2O4S. The van der Waals surface area contributed by atoms with Crippen LogP contribution in [0, 0.1) is 0 Å². The predicted octanol–water partition coefficient (Wildman–Crippen LogP) is 1.71. The molecule has 0 aromatic heterocycles. The minimum Gasteiger partial charge on any atom is -0.504 e. The molecule has 2 rings (SSSR count). The van der Waals surface area contributed by atoms with Crippen LogP contribution in [0.5, 0.6) is 11.5 Å². The number of ether oxygens (including phenoxy) is 2. The summed E-state index contributed by atoms with van der Waals surface area (Å²) < 4.78 is 10.0. The highest BCUT2D eigenvalue weighted by molar-refractivity contribution is 7.80. The zero-order chi connectivity index (χ0) is 16.4. The van der Waals surface area contributed by atoms with Crippen LogP contribution >= 0.6 is 12.2 Å². The molecule has 0 amide bonds. The van der Waals surface area contributed by atoms with E-state index in [1.165, 1.54) is 20.3 Å². The zero-order valence-corrected chi connectivity index (χ0v) is 13.7. The van der Waals surface area contributed by atoms with E-state index in [2.05, 4.69) is 5.32 Å². The van der Waals surface area contributed by atoms with Gasteiger partial charge in [-0.15, -0.1) is 0 Å². The summed E-state index contributed by atoms with van der Waals surface area (Å²) in [5.41, 5.74) is 1.92. The SMILES string of the molecule is COC(=O)C1=C(C)N(C)C(=S)N[C@@H]1c1ccc(O)c(OC)c1. The second-order valence-electron chi connectivity index (χ2n) is 4.86. The molecule has 2 N–H and O–H groups in total. The number of aromatic hydroxyl groups is 1. The molecule has 0 saturated carbocycles. The van der Waals surface area contributed by atoms with Crippen LogP contribution in [0.2, 0.25) is 0 Å². The highest BCUT2D eigenvalue weighted by atomic mass is 32.1. The number of phenolic OH excluding ortho intramolecular Hbond substituents is 1. The van der Waals surface area contributed by atoms with Crippen molar-refractivity contribution in [1.29, 1.82) is 0 Å². The lowest BCUT2D eigenvalue weighted by atomic mass is 9.95. The van der Waals surface area contributed by atoms with E-state index < -0.39 is 12.0 Å². The zero-order valence-electron chi connectivity index (χ0n) is 12.8. The van der Waals surface area contributed by atoms with Crippen LogP contribution in [0.1, 0.15) is 18.5 Å². The summed E-state index contributed by atoms with van der Waals surface area (Å²) in [7, 11) is 4.58. The molecule has 1 atom stereocenters. The van der Waals surface area contributed by atoms with Gasteiger partial charge in [-0.1, -0.05) is 6.07 Å². The highest BCUT2D eigenvalue weighted by Gasteiger charge is 2.33. The Kier molecular flexibility index (Phi) is 4.56. The number of thiocarbonyl (C=S) groups is 1. The lowest BCUT2D eigenvalue weighted by Crippen LogP contribution is -2.46. The number of esters is 1. The van der Waals surface area contributed by atoms with Crippen molar-refractivity contribution in [3.63, 3.8) is 0 Å². The van der Waals surface area contributed by atoms with Gasteiger partial charge in [-0.3, -0.25) is 0 Å². The Hall–Kier alpha value is -2.28. The van der Waals surface area contributed by atoms with Crippen LogP contribution in [0.4, 0.5) is 0 Å².